The van der Waals surface area contributed by atoms with Crippen molar-refractivity contribution in [1.29, 1.82) is 0 Å². The number of piperidine rings is 1. The molecular formula is C12H25ClN2O. The number of nitrogens with zero attached hydrogens (tertiary/aromatic N) is 1. The van der Waals surface area contributed by atoms with Gasteiger partial charge >= 0.3 is 0 Å². The molecule has 1 aliphatic heterocycles. The molecule has 0 aromatic rings. The van der Waals surface area contributed by atoms with Crippen LogP contribution in [0.2, 0.25) is 0 Å². The van der Waals surface area contributed by atoms with Crippen molar-refractivity contribution in [3.8, 4) is 0 Å². The second-order valence-electron chi connectivity index (χ2n) is 4.77. The van der Waals surface area contributed by atoms with E-state index in [2.05, 4.69) is 13.8 Å². The van der Waals surface area contributed by atoms with Crippen molar-refractivity contribution in [3.63, 3.8) is 0 Å². The zero-order valence-corrected chi connectivity index (χ0v) is 11.4. The van der Waals surface area contributed by atoms with Gasteiger partial charge in [0.2, 0.25) is 5.91 Å². The predicted octanol–water partition coefficient (Wildman–Crippen LogP) is 2.18. The van der Waals surface area contributed by atoms with Gasteiger partial charge in [-0.05, 0) is 32.1 Å². The van der Waals surface area contributed by atoms with Gasteiger partial charge in [-0.15, -0.1) is 12.4 Å². The van der Waals surface area contributed by atoms with E-state index in [-0.39, 0.29) is 24.4 Å². The van der Waals surface area contributed by atoms with E-state index in [1.807, 2.05) is 4.90 Å². The minimum atomic E-state index is -0.352. The Labute approximate surface area is 105 Å². The van der Waals surface area contributed by atoms with Crippen LogP contribution in [0.5, 0.6) is 0 Å². The lowest BCUT2D eigenvalue weighted by Gasteiger charge is -2.40. The van der Waals surface area contributed by atoms with Gasteiger partial charge in [0, 0.05) is 12.6 Å². The lowest BCUT2D eigenvalue weighted by atomic mass is 9.89. The van der Waals surface area contributed by atoms with Crippen LogP contribution in [0.1, 0.15) is 46.5 Å². The Balaban J connectivity index is 0.00000225. The Morgan fingerprint density at radius 2 is 2.06 bits per heavy atom. The molecule has 1 amide bonds. The van der Waals surface area contributed by atoms with E-state index in [1.165, 1.54) is 6.42 Å². The second kappa shape index (κ2) is 7.13. The first kappa shape index (κ1) is 15.7. The van der Waals surface area contributed by atoms with Crippen LogP contribution >= 0.6 is 12.4 Å². The van der Waals surface area contributed by atoms with Gasteiger partial charge in [0.15, 0.2) is 0 Å². The molecule has 1 saturated heterocycles. The fraction of sp³-hybridized carbons (Fsp3) is 0.917. The summed E-state index contributed by atoms with van der Waals surface area (Å²) >= 11 is 0. The summed E-state index contributed by atoms with van der Waals surface area (Å²) in [7, 11) is 0. The SMILES string of the molecule is CCC(C)C1CCCCN1C(=O)[C@H](C)N.Cl. The van der Waals surface area contributed by atoms with Crippen LogP contribution in [0.15, 0.2) is 0 Å². The van der Waals surface area contributed by atoms with Crippen molar-refractivity contribution in [3.05, 3.63) is 0 Å². The van der Waals surface area contributed by atoms with E-state index in [0.717, 1.165) is 25.8 Å². The van der Waals surface area contributed by atoms with Crippen LogP contribution in [0.3, 0.4) is 0 Å². The lowest BCUT2D eigenvalue weighted by molar-refractivity contribution is -0.137. The van der Waals surface area contributed by atoms with Crippen molar-refractivity contribution in [1.82, 2.24) is 4.90 Å². The predicted molar refractivity (Wildman–Crippen MR) is 69.7 cm³/mol. The van der Waals surface area contributed by atoms with Crippen molar-refractivity contribution < 1.29 is 4.79 Å². The Bertz CT molecular complexity index is 221. The molecule has 3 atom stereocenters. The molecule has 0 aromatic heterocycles. The van der Waals surface area contributed by atoms with Crippen molar-refractivity contribution in [2.75, 3.05) is 6.54 Å². The molecule has 1 rings (SSSR count). The Morgan fingerprint density at radius 1 is 1.44 bits per heavy atom. The normalized spacial score (nSPS) is 24.5. The molecular weight excluding hydrogens is 224 g/mol. The summed E-state index contributed by atoms with van der Waals surface area (Å²) in [5.41, 5.74) is 5.68. The highest BCUT2D eigenvalue weighted by Crippen LogP contribution is 2.25. The van der Waals surface area contributed by atoms with Gasteiger partial charge in [-0.2, -0.15) is 0 Å². The molecule has 96 valence electrons. The Hall–Kier alpha value is -0.280. The molecule has 3 nitrogen and oxygen atoms in total. The topological polar surface area (TPSA) is 46.3 Å². The second-order valence-corrected chi connectivity index (χ2v) is 4.77. The van der Waals surface area contributed by atoms with Gasteiger partial charge < -0.3 is 10.6 Å². The van der Waals surface area contributed by atoms with Gasteiger partial charge in [-0.1, -0.05) is 20.3 Å². The van der Waals surface area contributed by atoms with E-state index in [1.54, 1.807) is 6.92 Å². The first-order valence-corrected chi connectivity index (χ1v) is 6.14. The highest BCUT2D eigenvalue weighted by Gasteiger charge is 2.30. The average Bonchev–Trinajstić information content (AvgIpc) is 2.27. The summed E-state index contributed by atoms with van der Waals surface area (Å²) in [6.07, 6.45) is 4.66. The Kier molecular flexibility index (Phi) is 7.00. The summed E-state index contributed by atoms with van der Waals surface area (Å²) < 4.78 is 0. The molecule has 1 aliphatic rings. The first-order chi connectivity index (χ1) is 7.07. The maximum Gasteiger partial charge on any atom is 0.239 e. The number of likely N-dealkylation sites (tertiary alicyclic amines) is 1. The standard InChI is InChI=1S/C12H24N2O.ClH/c1-4-9(2)11-7-5-6-8-14(11)12(15)10(3)13;/h9-11H,4-8,13H2,1-3H3;1H/t9?,10-,11?;/m0./s1. The summed E-state index contributed by atoms with van der Waals surface area (Å²) in [6.45, 7) is 7.10. The Morgan fingerprint density at radius 3 is 2.56 bits per heavy atom. The van der Waals surface area contributed by atoms with Crippen LogP contribution in [0.25, 0.3) is 0 Å². The molecule has 0 bridgehead atoms. The molecule has 0 radical (unpaired) electrons. The number of halogens is 1. The molecule has 2 unspecified atom stereocenters. The number of hydrogen-bond donors (Lipinski definition) is 1. The zero-order valence-electron chi connectivity index (χ0n) is 10.6. The van der Waals surface area contributed by atoms with Gasteiger partial charge in [0.05, 0.1) is 6.04 Å². The van der Waals surface area contributed by atoms with Crippen LogP contribution in [0.4, 0.5) is 0 Å². The fourth-order valence-electron chi connectivity index (χ4n) is 2.36. The van der Waals surface area contributed by atoms with Gasteiger partial charge in [0.25, 0.3) is 0 Å². The molecule has 4 heteroatoms. The number of hydrogen-bond acceptors (Lipinski definition) is 2. The number of nitrogens with two attached hydrogens (primary N) is 1. The molecule has 1 fully saturated rings. The minimum absolute atomic E-state index is 0. The van der Waals surface area contributed by atoms with Crippen LogP contribution in [0, 0.1) is 5.92 Å². The molecule has 1 heterocycles. The highest BCUT2D eigenvalue weighted by atomic mass is 35.5. The van der Waals surface area contributed by atoms with E-state index >= 15 is 0 Å². The minimum Gasteiger partial charge on any atom is -0.338 e. The third-order valence-electron chi connectivity index (χ3n) is 3.52. The van der Waals surface area contributed by atoms with Crippen molar-refractivity contribution >= 4 is 18.3 Å². The van der Waals surface area contributed by atoms with Crippen molar-refractivity contribution in [2.45, 2.75) is 58.5 Å². The fourth-order valence-corrected chi connectivity index (χ4v) is 2.36. The molecule has 0 saturated carbocycles. The number of rotatable bonds is 3. The molecule has 0 aromatic carbocycles. The molecule has 2 N–H and O–H groups in total. The largest absolute Gasteiger partial charge is 0.338 e. The third kappa shape index (κ3) is 3.63. The summed E-state index contributed by atoms with van der Waals surface area (Å²) in [5.74, 6) is 0.716. The van der Waals surface area contributed by atoms with Gasteiger partial charge in [-0.3, -0.25) is 4.79 Å². The van der Waals surface area contributed by atoms with Gasteiger partial charge in [-0.25, -0.2) is 0 Å². The lowest BCUT2D eigenvalue weighted by Crippen LogP contribution is -2.51. The smallest absolute Gasteiger partial charge is 0.239 e. The zero-order chi connectivity index (χ0) is 11.4. The maximum absolute atomic E-state index is 11.9. The van der Waals surface area contributed by atoms with E-state index in [4.69, 9.17) is 5.73 Å². The third-order valence-corrected chi connectivity index (χ3v) is 3.52. The van der Waals surface area contributed by atoms with Crippen LogP contribution in [-0.2, 0) is 4.79 Å². The quantitative estimate of drug-likeness (QED) is 0.832. The van der Waals surface area contributed by atoms with Crippen LogP contribution in [-0.4, -0.2) is 29.4 Å². The molecule has 16 heavy (non-hydrogen) atoms. The summed E-state index contributed by atoms with van der Waals surface area (Å²) in [6, 6.07) is 0.0666. The van der Waals surface area contributed by atoms with E-state index < -0.39 is 0 Å². The van der Waals surface area contributed by atoms with Gasteiger partial charge in [0.1, 0.15) is 0 Å². The molecule has 0 aliphatic carbocycles. The first-order valence-electron chi connectivity index (χ1n) is 6.14. The summed E-state index contributed by atoms with van der Waals surface area (Å²) in [4.78, 5) is 13.9. The molecule has 0 spiro atoms. The average molecular weight is 249 g/mol. The summed E-state index contributed by atoms with van der Waals surface area (Å²) in [5, 5.41) is 0. The monoisotopic (exact) mass is 248 g/mol. The number of carbonyl (C=O) groups is 1. The maximum atomic E-state index is 11.9. The van der Waals surface area contributed by atoms with Crippen LogP contribution < -0.4 is 5.73 Å². The van der Waals surface area contributed by atoms with E-state index in [9.17, 15) is 4.79 Å². The number of carbonyl (C=O) groups excluding carboxylic acids is 1. The highest BCUT2D eigenvalue weighted by molar-refractivity contribution is 5.85. The number of amides is 1. The van der Waals surface area contributed by atoms with E-state index in [0.29, 0.717) is 12.0 Å². The van der Waals surface area contributed by atoms with Crippen molar-refractivity contribution in [2.24, 2.45) is 11.7 Å².